The molecule has 2 N–H and O–H groups in total. The minimum absolute atomic E-state index is 0.0650. The molecule has 1 amide bonds. The van der Waals surface area contributed by atoms with E-state index in [1.165, 1.54) is 11.0 Å². The first kappa shape index (κ1) is 18.9. The highest BCUT2D eigenvalue weighted by Crippen LogP contribution is 2.06. The van der Waals surface area contributed by atoms with Crippen LogP contribution in [-0.4, -0.2) is 50.5 Å². The number of halogens is 1. The Morgan fingerprint density at radius 2 is 1.96 bits per heavy atom. The van der Waals surface area contributed by atoms with E-state index in [2.05, 4.69) is 29.5 Å². The Labute approximate surface area is 138 Å². The predicted molar refractivity (Wildman–Crippen MR) is 91.9 cm³/mol. The first-order valence-corrected chi connectivity index (χ1v) is 7.86. The number of amides is 1. The lowest BCUT2D eigenvalue weighted by Crippen LogP contribution is -2.41. The van der Waals surface area contributed by atoms with E-state index in [4.69, 9.17) is 0 Å². The summed E-state index contributed by atoms with van der Waals surface area (Å²) in [4.78, 5) is 17.4. The molecule has 23 heavy (non-hydrogen) atoms. The summed E-state index contributed by atoms with van der Waals surface area (Å²) in [5.74, 6) is 0.763. The number of nitrogens with one attached hydrogen (secondary N) is 2. The van der Waals surface area contributed by atoms with Crippen molar-refractivity contribution in [2.75, 3.05) is 33.7 Å². The molecule has 0 unspecified atom stereocenters. The van der Waals surface area contributed by atoms with Crippen LogP contribution in [0.3, 0.4) is 0 Å². The van der Waals surface area contributed by atoms with E-state index in [0.717, 1.165) is 6.54 Å². The number of benzene rings is 1. The van der Waals surface area contributed by atoms with Crippen LogP contribution in [0.25, 0.3) is 0 Å². The normalized spacial score (nSPS) is 11.5. The molecule has 0 spiro atoms. The van der Waals surface area contributed by atoms with Crippen LogP contribution >= 0.6 is 0 Å². The molecular formula is C17H27FN4O. The molecule has 1 aromatic rings. The zero-order chi connectivity index (χ0) is 17.2. The molecule has 128 valence electrons. The van der Waals surface area contributed by atoms with Gasteiger partial charge < -0.3 is 15.5 Å². The van der Waals surface area contributed by atoms with Crippen molar-refractivity contribution in [3.05, 3.63) is 35.6 Å². The SMILES string of the molecule is CC(C)CNC(=NCC(=O)N(C)C)NCCc1ccccc1F. The van der Waals surface area contributed by atoms with Crippen LogP contribution in [0.1, 0.15) is 19.4 Å². The van der Waals surface area contributed by atoms with E-state index in [9.17, 15) is 9.18 Å². The molecule has 0 atom stereocenters. The molecule has 0 saturated heterocycles. The summed E-state index contributed by atoms with van der Waals surface area (Å²) < 4.78 is 13.6. The number of aliphatic imine (C=N–C) groups is 1. The van der Waals surface area contributed by atoms with E-state index < -0.39 is 0 Å². The second-order valence-electron chi connectivity index (χ2n) is 6.00. The van der Waals surface area contributed by atoms with Gasteiger partial charge >= 0.3 is 0 Å². The molecule has 6 heteroatoms. The molecule has 0 fully saturated rings. The number of hydrogen-bond acceptors (Lipinski definition) is 2. The molecule has 5 nitrogen and oxygen atoms in total. The summed E-state index contributed by atoms with van der Waals surface area (Å²) in [5, 5.41) is 6.34. The lowest BCUT2D eigenvalue weighted by Gasteiger charge is -2.15. The molecule has 0 heterocycles. The van der Waals surface area contributed by atoms with Crippen molar-refractivity contribution in [2.24, 2.45) is 10.9 Å². The maximum atomic E-state index is 13.6. The molecule has 0 aliphatic carbocycles. The van der Waals surface area contributed by atoms with Crippen molar-refractivity contribution in [3.8, 4) is 0 Å². The molecule has 0 saturated carbocycles. The van der Waals surface area contributed by atoms with Gasteiger partial charge in [-0.2, -0.15) is 0 Å². The highest BCUT2D eigenvalue weighted by atomic mass is 19.1. The molecule has 0 aliphatic heterocycles. The maximum absolute atomic E-state index is 13.6. The number of carbonyl (C=O) groups is 1. The summed E-state index contributed by atoms with van der Waals surface area (Å²) in [6, 6.07) is 6.72. The Hall–Kier alpha value is -2.11. The van der Waals surface area contributed by atoms with Crippen molar-refractivity contribution >= 4 is 11.9 Å². The molecule has 1 aromatic carbocycles. The third-order valence-corrected chi connectivity index (χ3v) is 3.19. The van der Waals surface area contributed by atoms with E-state index in [0.29, 0.717) is 30.4 Å². The smallest absolute Gasteiger partial charge is 0.243 e. The molecule has 0 aliphatic rings. The van der Waals surface area contributed by atoms with Crippen LogP contribution in [0, 0.1) is 11.7 Å². The Morgan fingerprint density at radius 3 is 2.57 bits per heavy atom. The average Bonchev–Trinajstić information content (AvgIpc) is 2.50. The van der Waals surface area contributed by atoms with Crippen molar-refractivity contribution in [3.63, 3.8) is 0 Å². The standard InChI is InChI=1S/C17H27FN4O/c1-13(2)11-20-17(21-12-16(23)22(3)4)19-10-9-14-7-5-6-8-15(14)18/h5-8,13H,9-12H2,1-4H3,(H2,19,20,21). The zero-order valence-electron chi connectivity index (χ0n) is 14.4. The summed E-state index contributed by atoms with van der Waals surface area (Å²) in [5.41, 5.74) is 0.660. The van der Waals surface area contributed by atoms with E-state index >= 15 is 0 Å². The first-order chi connectivity index (χ1) is 10.9. The molecule has 0 radical (unpaired) electrons. The van der Waals surface area contributed by atoms with Crippen LogP contribution in [0.5, 0.6) is 0 Å². The molecule has 1 rings (SSSR count). The highest BCUT2D eigenvalue weighted by molar-refractivity contribution is 5.84. The summed E-state index contributed by atoms with van der Waals surface area (Å²) in [7, 11) is 3.40. The van der Waals surface area contributed by atoms with Gasteiger partial charge in [-0.3, -0.25) is 4.79 Å². The quantitative estimate of drug-likeness (QED) is 0.593. The van der Waals surface area contributed by atoms with Crippen molar-refractivity contribution in [2.45, 2.75) is 20.3 Å². The van der Waals surface area contributed by atoms with Gasteiger partial charge in [-0.1, -0.05) is 32.0 Å². The summed E-state index contributed by atoms with van der Waals surface area (Å²) in [6.07, 6.45) is 0.552. The van der Waals surface area contributed by atoms with Crippen LogP contribution < -0.4 is 10.6 Å². The molecular weight excluding hydrogens is 295 g/mol. The van der Waals surface area contributed by atoms with Gasteiger partial charge in [0.15, 0.2) is 5.96 Å². The highest BCUT2D eigenvalue weighted by Gasteiger charge is 2.06. The largest absolute Gasteiger partial charge is 0.356 e. The van der Waals surface area contributed by atoms with Crippen LogP contribution in [0.2, 0.25) is 0 Å². The Bertz CT molecular complexity index is 529. The lowest BCUT2D eigenvalue weighted by molar-refractivity contribution is -0.127. The number of likely N-dealkylation sites (N-methyl/N-ethyl adjacent to an activating group) is 1. The minimum atomic E-state index is -0.203. The molecule has 0 aromatic heterocycles. The lowest BCUT2D eigenvalue weighted by atomic mass is 10.1. The second-order valence-corrected chi connectivity index (χ2v) is 6.00. The van der Waals surface area contributed by atoms with Crippen molar-refractivity contribution in [1.29, 1.82) is 0 Å². The number of hydrogen-bond donors (Lipinski definition) is 2. The number of guanidine groups is 1. The van der Waals surface area contributed by atoms with E-state index in [1.54, 1.807) is 26.2 Å². The number of nitrogens with zero attached hydrogens (tertiary/aromatic N) is 2. The first-order valence-electron chi connectivity index (χ1n) is 7.86. The summed E-state index contributed by atoms with van der Waals surface area (Å²) in [6.45, 7) is 5.56. The predicted octanol–water partition coefficient (Wildman–Crippen LogP) is 1.65. The van der Waals surface area contributed by atoms with Gasteiger partial charge in [0.25, 0.3) is 0 Å². The van der Waals surface area contributed by atoms with Gasteiger partial charge in [0.05, 0.1) is 0 Å². The van der Waals surface area contributed by atoms with Crippen molar-refractivity contribution in [1.82, 2.24) is 15.5 Å². The van der Waals surface area contributed by atoms with Gasteiger partial charge in [0, 0.05) is 27.2 Å². The topological polar surface area (TPSA) is 56.7 Å². The fourth-order valence-electron chi connectivity index (χ4n) is 1.78. The number of carbonyl (C=O) groups excluding carboxylic acids is 1. The Kier molecular flexibility index (Phi) is 8.08. The van der Waals surface area contributed by atoms with Crippen LogP contribution in [0.15, 0.2) is 29.3 Å². The van der Waals surface area contributed by atoms with Crippen LogP contribution in [0.4, 0.5) is 4.39 Å². The minimum Gasteiger partial charge on any atom is -0.356 e. The third-order valence-electron chi connectivity index (χ3n) is 3.19. The van der Waals surface area contributed by atoms with E-state index in [-0.39, 0.29) is 18.3 Å². The third kappa shape index (κ3) is 7.63. The zero-order valence-corrected chi connectivity index (χ0v) is 14.4. The number of rotatable bonds is 7. The summed E-state index contributed by atoms with van der Waals surface area (Å²) >= 11 is 0. The van der Waals surface area contributed by atoms with Gasteiger partial charge in [0.2, 0.25) is 5.91 Å². The maximum Gasteiger partial charge on any atom is 0.243 e. The second kappa shape index (κ2) is 9.82. The van der Waals surface area contributed by atoms with Gasteiger partial charge in [-0.25, -0.2) is 9.38 Å². The Balaban J connectivity index is 2.56. The van der Waals surface area contributed by atoms with Crippen LogP contribution in [-0.2, 0) is 11.2 Å². The fourth-order valence-corrected chi connectivity index (χ4v) is 1.78. The average molecular weight is 322 g/mol. The van der Waals surface area contributed by atoms with Gasteiger partial charge in [-0.05, 0) is 24.0 Å². The molecule has 0 bridgehead atoms. The van der Waals surface area contributed by atoms with Crippen molar-refractivity contribution < 1.29 is 9.18 Å². The fraction of sp³-hybridized carbons (Fsp3) is 0.529. The monoisotopic (exact) mass is 322 g/mol. The van der Waals surface area contributed by atoms with E-state index in [1.807, 2.05) is 6.07 Å². The Morgan fingerprint density at radius 1 is 1.26 bits per heavy atom. The van der Waals surface area contributed by atoms with Gasteiger partial charge in [0.1, 0.15) is 12.4 Å². The van der Waals surface area contributed by atoms with Gasteiger partial charge in [-0.15, -0.1) is 0 Å².